The Labute approximate surface area is 188 Å². The second kappa shape index (κ2) is 11.3. The van der Waals surface area contributed by atoms with Crippen LogP contribution >= 0.6 is 0 Å². The third-order valence-electron chi connectivity index (χ3n) is 5.46. The number of fused-ring (bicyclic) bond motifs is 1. The van der Waals surface area contributed by atoms with Gasteiger partial charge in [-0.05, 0) is 45.2 Å². The Kier molecular flexibility index (Phi) is 8.25. The first-order valence-electron chi connectivity index (χ1n) is 11.2. The van der Waals surface area contributed by atoms with Gasteiger partial charge in [-0.3, -0.25) is 9.59 Å². The number of rotatable bonds is 12. The summed E-state index contributed by atoms with van der Waals surface area (Å²) >= 11 is 0. The molecule has 3 aromatic rings. The average Bonchev–Trinajstić information content (AvgIpc) is 3.15. The van der Waals surface area contributed by atoms with Gasteiger partial charge in [-0.25, -0.2) is 4.98 Å². The van der Waals surface area contributed by atoms with Crippen molar-refractivity contribution in [2.45, 2.75) is 46.1 Å². The minimum atomic E-state index is -0.763. The molecule has 2 aromatic carbocycles. The van der Waals surface area contributed by atoms with Crippen LogP contribution in [0.5, 0.6) is 5.75 Å². The van der Waals surface area contributed by atoms with E-state index >= 15 is 0 Å². The van der Waals surface area contributed by atoms with Crippen LogP contribution in [0.2, 0.25) is 0 Å². The van der Waals surface area contributed by atoms with Crippen molar-refractivity contribution in [2.24, 2.45) is 0 Å². The third-order valence-corrected chi connectivity index (χ3v) is 5.46. The number of carboxylic acids is 1. The fourth-order valence-corrected chi connectivity index (χ4v) is 3.72. The lowest BCUT2D eigenvalue weighted by atomic mass is 10.2. The van der Waals surface area contributed by atoms with Gasteiger partial charge in [-0.15, -0.1) is 0 Å². The van der Waals surface area contributed by atoms with Gasteiger partial charge in [0.25, 0.3) is 0 Å². The van der Waals surface area contributed by atoms with Crippen molar-refractivity contribution in [3.8, 4) is 17.1 Å². The summed E-state index contributed by atoms with van der Waals surface area (Å²) in [6.07, 6.45) is 2.46. The fourth-order valence-electron chi connectivity index (χ4n) is 3.72. The van der Waals surface area contributed by atoms with Gasteiger partial charge in [-0.1, -0.05) is 30.3 Å². The molecule has 0 unspecified atom stereocenters. The van der Waals surface area contributed by atoms with Crippen LogP contribution < -0.4 is 4.74 Å². The summed E-state index contributed by atoms with van der Waals surface area (Å²) in [5.41, 5.74) is 2.62. The van der Waals surface area contributed by atoms with Gasteiger partial charge in [0.05, 0.1) is 17.6 Å². The summed E-state index contributed by atoms with van der Waals surface area (Å²) in [5, 5.41) is 8.70. The van der Waals surface area contributed by atoms with Crippen LogP contribution in [0.25, 0.3) is 22.4 Å². The number of carbonyl (C=O) groups is 2. The standard InChI is InChI=1S/C25H31N3O4/c1-3-27(4-2)23(29)18-28-22-15-14-20(32-16-10-6-9-13-24(30)31)17-21(22)26-25(28)19-11-7-5-8-12-19/h5,7-8,11-12,14-15,17H,3-4,6,9-10,13,16,18H2,1-2H3,(H,30,31). The van der Waals surface area contributed by atoms with E-state index in [4.69, 9.17) is 14.8 Å². The number of nitrogens with zero attached hydrogens (tertiary/aromatic N) is 3. The molecule has 7 heteroatoms. The highest BCUT2D eigenvalue weighted by molar-refractivity contribution is 5.85. The van der Waals surface area contributed by atoms with Gasteiger partial charge in [0.1, 0.15) is 18.1 Å². The number of aromatic nitrogens is 2. The Balaban J connectivity index is 1.81. The largest absolute Gasteiger partial charge is 0.494 e. The van der Waals surface area contributed by atoms with E-state index in [0.717, 1.165) is 41.0 Å². The maximum absolute atomic E-state index is 12.9. The molecular formula is C25H31N3O4. The summed E-state index contributed by atoms with van der Waals surface area (Å²) in [6, 6.07) is 15.6. The highest BCUT2D eigenvalue weighted by Crippen LogP contribution is 2.28. The molecule has 0 aliphatic heterocycles. The molecule has 0 bridgehead atoms. The zero-order valence-electron chi connectivity index (χ0n) is 18.8. The monoisotopic (exact) mass is 437 g/mol. The van der Waals surface area contributed by atoms with Crippen molar-refractivity contribution >= 4 is 22.9 Å². The van der Waals surface area contributed by atoms with Crippen LogP contribution in [-0.4, -0.2) is 51.1 Å². The minimum Gasteiger partial charge on any atom is -0.494 e. The predicted octanol–water partition coefficient (Wildman–Crippen LogP) is 4.60. The maximum atomic E-state index is 12.9. The van der Waals surface area contributed by atoms with Gasteiger partial charge in [-0.2, -0.15) is 0 Å². The Morgan fingerprint density at radius 3 is 2.47 bits per heavy atom. The van der Waals surface area contributed by atoms with E-state index in [0.29, 0.717) is 26.1 Å². The Morgan fingerprint density at radius 1 is 1.03 bits per heavy atom. The summed E-state index contributed by atoms with van der Waals surface area (Å²) in [7, 11) is 0. The summed E-state index contributed by atoms with van der Waals surface area (Å²) in [6.45, 7) is 6.07. The molecule has 7 nitrogen and oxygen atoms in total. The van der Waals surface area contributed by atoms with E-state index in [-0.39, 0.29) is 18.9 Å². The summed E-state index contributed by atoms with van der Waals surface area (Å²) in [4.78, 5) is 30.1. The Morgan fingerprint density at radius 2 is 1.78 bits per heavy atom. The molecule has 170 valence electrons. The number of benzene rings is 2. The van der Waals surface area contributed by atoms with Crippen LogP contribution in [0.4, 0.5) is 0 Å². The molecular weight excluding hydrogens is 406 g/mol. The Bertz CT molecular complexity index is 1040. The van der Waals surface area contributed by atoms with Crippen LogP contribution in [0, 0.1) is 0 Å². The van der Waals surface area contributed by atoms with Crippen LogP contribution in [-0.2, 0) is 16.1 Å². The van der Waals surface area contributed by atoms with Crippen molar-refractivity contribution in [2.75, 3.05) is 19.7 Å². The SMILES string of the molecule is CCN(CC)C(=O)Cn1c(-c2ccccc2)nc2cc(OCCCCCC(=O)O)ccc21. The lowest BCUT2D eigenvalue weighted by Gasteiger charge is -2.20. The Hall–Kier alpha value is -3.35. The second-order valence-corrected chi connectivity index (χ2v) is 7.66. The van der Waals surface area contributed by atoms with Crippen LogP contribution in [0.1, 0.15) is 39.5 Å². The number of aliphatic carboxylic acids is 1. The number of carbonyl (C=O) groups excluding carboxylic acids is 1. The molecule has 1 N–H and O–H groups in total. The lowest BCUT2D eigenvalue weighted by Crippen LogP contribution is -2.33. The van der Waals surface area contributed by atoms with E-state index in [9.17, 15) is 9.59 Å². The van der Waals surface area contributed by atoms with Gasteiger partial charge in [0.2, 0.25) is 5.91 Å². The predicted molar refractivity (Wildman–Crippen MR) is 125 cm³/mol. The number of imidazole rings is 1. The number of likely N-dealkylation sites (N-methyl/N-ethyl adjacent to an activating group) is 1. The number of hydrogen-bond donors (Lipinski definition) is 1. The van der Waals surface area contributed by atoms with Gasteiger partial charge in [0, 0.05) is 31.1 Å². The first-order chi connectivity index (χ1) is 15.5. The normalized spacial score (nSPS) is 10.9. The van der Waals surface area contributed by atoms with Crippen molar-refractivity contribution in [3.05, 3.63) is 48.5 Å². The van der Waals surface area contributed by atoms with Crippen LogP contribution in [0.3, 0.4) is 0 Å². The highest BCUT2D eigenvalue weighted by atomic mass is 16.5. The number of unbranched alkanes of at least 4 members (excludes halogenated alkanes) is 2. The minimum absolute atomic E-state index is 0.0631. The highest BCUT2D eigenvalue weighted by Gasteiger charge is 2.18. The van der Waals surface area contributed by atoms with Gasteiger partial charge < -0.3 is 19.3 Å². The molecule has 3 rings (SSSR count). The van der Waals surface area contributed by atoms with Crippen molar-refractivity contribution in [3.63, 3.8) is 0 Å². The zero-order chi connectivity index (χ0) is 22.9. The van der Waals surface area contributed by atoms with E-state index < -0.39 is 5.97 Å². The van der Waals surface area contributed by atoms with E-state index in [2.05, 4.69) is 0 Å². The number of hydrogen-bond acceptors (Lipinski definition) is 4. The molecule has 1 aromatic heterocycles. The van der Waals surface area contributed by atoms with E-state index in [1.807, 2.05) is 71.8 Å². The number of ether oxygens (including phenoxy) is 1. The number of carboxylic acid groups (broad SMARTS) is 1. The molecule has 0 aliphatic carbocycles. The topological polar surface area (TPSA) is 84.7 Å². The lowest BCUT2D eigenvalue weighted by molar-refractivity contribution is -0.137. The molecule has 32 heavy (non-hydrogen) atoms. The van der Waals surface area contributed by atoms with Gasteiger partial charge in [0.15, 0.2) is 0 Å². The van der Waals surface area contributed by atoms with E-state index in [1.54, 1.807) is 0 Å². The smallest absolute Gasteiger partial charge is 0.303 e. The molecule has 0 atom stereocenters. The zero-order valence-corrected chi connectivity index (χ0v) is 18.8. The molecule has 0 saturated carbocycles. The van der Waals surface area contributed by atoms with Crippen molar-refractivity contribution in [1.29, 1.82) is 0 Å². The van der Waals surface area contributed by atoms with Crippen molar-refractivity contribution < 1.29 is 19.4 Å². The van der Waals surface area contributed by atoms with Crippen LogP contribution in [0.15, 0.2) is 48.5 Å². The molecule has 0 saturated heterocycles. The summed E-state index contributed by atoms with van der Waals surface area (Å²) < 4.78 is 7.83. The first-order valence-corrected chi connectivity index (χ1v) is 11.2. The average molecular weight is 438 g/mol. The molecule has 1 heterocycles. The first kappa shape index (κ1) is 23.3. The van der Waals surface area contributed by atoms with E-state index in [1.165, 1.54) is 0 Å². The van der Waals surface area contributed by atoms with Crippen molar-refractivity contribution in [1.82, 2.24) is 14.5 Å². The molecule has 0 radical (unpaired) electrons. The molecule has 0 fully saturated rings. The van der Waals surface area contributed by atoms with Gasteiger partial charge >= 0.3 is 5.97 Å². The fraction of sp³-hybridized carbons (Fsp3) is 0.400. The maximum Gasteiger partial charge on any atom is 0.303 e. The number of amides is 1. The molecule has 1 amide bonds. The third kappa shape index (κ3) is 5.87. The second-order valence-electron chi connectivity index (χ2n) is 7.66. The quantitative estimate of drug-likeness (QED) is 0.419. The molecule has 0 aliphatic rings. The molecule has 0 spiro atoms. The summed E-state index contributed by atoms with van der Waals surface area (Å²) in [5.74, 6) is 0.774.